The van der Waals surface area contributed by atoms with Crippen LogP contribution < -0.4 is 10.5 Å². The Kier molecular flexibility index (Phi) is 3.41. The van der Waals surface area contributed by atoms with Crippen LogP contribution in [-0.4, -0.2) is 9.97 Å². The molecule has 0 aliphatic heterocycles. The lowest BCUT2D eigenvalue weighted by Gasteiger charge is -2.08. The molecule has 0 bridgehead atoms. The van der Waals surface area contributed by atoms with Gasteiger partial charge >= 0.3 is 0 Å². The molecule has 0 atom stereocenters. The second kappa shape index (κ2) is 5.00. The van der Waals surface area contributed by atoms with Gasteiger partial charge in [-0.1, -0.05) is 13.8 Å². The van der Waals surface area contributed by atoms with Crippen molar-refractivity contribution in [2.75, 3.05) is 5.73 Å². The predicted molar refractivity (Wildman–Crippen MR) is 67.0 cm³/mol. The number of anilines is 1. The molecule has 2 N–H and O–H groups in total. The van der Waals surface area contributed by atoms with E-state index in [2.05, 4.69) is 9.97 Å². The van der Waals surface area contributed by atoms with E-state index in [-0.39, 0.29) is 11.7 Å². The third-order valence-corrected chi connectivity index (χ3v) is 2.43. The van der Waals surface area contributed by atoms with Crippen LogP contribution in [0.25, 0.3) is 0 Å². The number of hydrogen-bond acceptors (Lipinski definition) is 4. The van der Waals surface area contributed by atoms with Crippen LogP contribution in [-0.2, 0) is 0 Å². The summed E-state index contributed by atoms with van der Waals surface area (Å²) in [5.41, 5.74) is 6.66. The van der Waals surface area contributed by atoms with Crippen molar-refractivity contribution in [2.45, 2.75) is 19.8 Å². The van der Waals surface area contributed by atoms with E-state index < -0.39 is 5.82 Å². The van der Waals surface area contributed by atoms with Gasteiger partial charge in [0.25, 0.3) is 0 Å². The van der Waals surface area contributed by atoms with Crippen LogP contribution in [0.2, 0.25) is 0 Å². The van der Waals surface area contributed by atoms with Crippen LogP contribution in [0.1, 0.15) is 25.5 Å². The Morgan fingerprint density at radius 3 is 2.67 bits per heavy atom. The molecule has 0 aliphatic carbocycles. The van der Waals surface area contributed by atoms with Gasteiger partial charge in [0.1, 0.15) is 6.33 Å². The molecule has 0 fully saturated rings. The van der Waals surface area contributed by atoms with Crippen molar-refractivity contribution in [3.63, 3.8) is 0 Å². The molecule has 0 saturated heterocycles. The minimum Gasteiger partial charge on any atom is -0.436 e. The Morgan fingerprint density at radius 2 is 2.00 bits per heavy atom. The molecule has 2 rings (SSSR count). The molecule has 94 valence electrons. The summed E-state index contributed by atoms with van der Waals surface area (Å²) < 4.78 is 18.9. The first-order valence-corrected chi connectivity index (χ1v) is 5.61. The van der Waals surface area contributed by atoms with Crippen molar-refractivity contribution in [3.05, 3.63) is 42.1 Å². The summed E-state index contributed by atoms with van der Waals surface area (Å²) in [6, 6.07) is 5.95. The van der Waals surface area contributed by atoms with Gasteiger partial charge < -0.3 is 10.5 Å². The zero-order valence-corrected chi connectivity index (χ0v) is 10.2. The molecule has 4 nitrogen and oxygen atoms in total. The van der Waals surface area contributed by atoms with E-state index in [0.717, 1.165) is 5.69 Å². The SMILES string of the molecule is CC(C)c1cc(Oc2ccc(N)cc2F)ncn1. The van der Waals surface area contributed by atoms with Crippen molar-refractivity contribution < 1.29 is 9.13 Å². The molecule has 0 amide bonds. The lowest BCUT2D eigenvalue weighted by molar-refractivity contribution is 0.425. The summed E-state index contributed by atoms with van der Waals surface area (Å²) in [6.07, 6.45) is 1.40. The maximum atomic E-state index is 13.5. The first-order chi connectivity index (χ1) is 8.56. The van der Waals surface area contributed by atoms with Crippen LogP contribution in [0, 0.1) is 5.82 Å². The highest BCUT2D eigenvalue weighted by atomic mass is 19.1. The molecule has 0 spiro atoms. The first kappa shape index (κ1) is 12.3. The zero-order chi connectivity index (χ0) is 13.1. The minimum absolute atomic E-state index is 0.0950. The molecule has 1 aromatic carbocycles. The van der Waals surface area contributed by atoms with Crippen LogP contribution >= 0.6 is 0 Å². The van der Waals surface area contributed by atoms with Gasteiger partial charge in [-0.05, 0) is 18.1 Å². The highest BCUT2D eigenvalue weighted by Crippen LogP contribution is 2.25. The Balaban J connectivity index is 2.25. The van der Waals surface area contributed by atoms with Gasteiger partial charge in [-0.3, -0.25) is 0 Å². The quantitative estimate of drug-likeness (QED) is 0.846. The van der Waals surface area contributed by atoms with Gasteiger partial charge in [0, 0.05) is 17.8 Å². The number of nitrogens with two attached hydrogens (primary N) is 1. The fourth-order valence-electron chi connectivity index (χ4n) is 1.44. The van der Waals surface area contributed by atoms with Gasteiger partial charge in [-0.2, -0.15) is 0 Å². The van der Waals surface area contributed by atoms with E-state index >= 15 is 0 Å². The van der Waals surface area contributed by atoms with Crippen molar-refractivity contribution in [1.29, 1.82) is 0 Å². The van der Waals surface area contributed by atoms with Gasteiger partial charge in [-0.15, -0.1) is 0 Å². The standard InChI is InChI=1S/C13H14FN3O/c1-8(2)11-6-13(17-7-16-11)18-12-4-3-9(15)5-10(12)14/h3-8H,15H2,1-2H3. The van der Waals surface area contributed by atoms with Crippen molar-refractivity contribution in [1.82, 2.24) is 9.97 Å². The van der Waals surface area contributed by atoms with E-state index in [1.165, 1.54) is 18.5 Å². The Bertz CT molecular complexity index is 558. The Morgan fingerprint density at radius 1 is 1.22 bits per heavy atom. The number of ether oxygens (including phenoxy) is 1. The first-order valence-electron chi connectivity index (χ1n) is 5.61. The third-order valence-electron chi connectivity index (χ3n) is 2.43. The molecule has 2 aromatic rings. The maximum Gasteiger partial charge on any atom is 0.222 e. The Hall–Kier alpha value is -2.17. The Labute approximate surface area is 105 Å². The summed E-state index contributed by atoms with van der Waals surface area (Å²) >= 11 is 0. The number of rotatable bonds is 3. The third kappa shape index (κ3) is 2.74. The highest BCUT2D eigenvalue weighted by Gasteiger charge is 2.08. The average Bonchev–Trinajstić information content (AvgIpc) is 2.33. The molecule has 0 unspecified atom stereocenters. The summed E-state index contributed by atoms with van der Waals surface area (Å²) in [5, 5.41) is 0. The fraction of sp³-hybridized carbons (Fsp3) is 0.231. The number of halogens is 1. The van der Waals surface area contributed by atoms with Gasteiger partial charge in [0.15, 0.2) is 11.6 Å². The second-order valence-corrected chi connectivity index (χ2v) is 4.23. The number of nitrogen functional groups attached to an aromatic ring is 1. The molecule has 18 heavy (non-hydrogen) atoms. The van der Waals surface area contributed by atoms with E-state index in [1.807, 2.05) is 13.8 Å². The fourth-order valence-corrected chi connectivity index (χ4v) is 1.44. The van der Waals surface area contributed by atoms with Crippen LogP contribution in [0.15, 0.2) is 30.6 Å². The molecule has 0 saturated carbocycles. The lowest BCUT2D eigenvalue weighted by Crippen LogP contribution is -1.97. The number of benzene rings is 1. The summed E-state index contributed by atoms with van der Waals surface area (Å²) in [5.74, 6) is 0.154. The maximum absolute atomic E-state index is 13.5. The van der Waals surface area contributed by atoms with Crippen molar-refractivity contribution >= 4 is 5.69 Å². The predicted octanol–water partition coefficient (Wildman–Crippen LogP) is 3.11. The molecule has 0 aliphatic rings. The second-order valence-electron chi connectivity index (χ2n) is 4.23. The largest absolute Gasteiger partial charge is 0.436 e. The highest BCUT2D eigenvalue weighted by molar-refractivity contribution is 5.43. The van der Waals surface area contributed by atoms with Crippen molar-refractivity contribution in [3.8, 4) is 11.6 Å². The normalized spacial score (nSPS) is 10.7. The van der Waals surface area contributed by atoms with E-state index in [1.54, 1.807) is 12.1 Å². The smallest absolute Gasteiger partial charge is 0.222 e. The summed E-state index contributed by atoms with van der Waals surface area (Å²) in [4.78, 5) is 8.06. The zero-order valence-electron chi connectivity index (χ0n) is 10.2. The number of aromatic nitrogens is 2. The lowest BCUT2D eigenvalue weighted by atomic mass is 10.1. The van der Waals surface area contributed by atoms with Gasteiger partial charge in [-0.25, -0.2) is 14.4 Å². The van der Waals surface area contributed by atoms with Crippen LogP contribution in [0.3, 0.4) is 0 Å². The molecule has 0 radical (unpaired) electrons. The van der Waals surface area contributed by atoms with E-state index in [0.29, 0.717) is 11.6 Å². The molecular weight excluding hydrogens is 233 g/mol. The summed E-state index contributed by atoms with van der Waals surface area (Å²) in [6.45, 7) is 4.02. The molecular formula is C13H14FN3O. The van der Waals surface area contributed by atoms with Gasteiger partial charge in [0.2, 0.25) is 5.88 Å². The molecule has 1 aromatic heterocycles. The molecule has 1 heterocycles. The topological polar surface area (TPSA) is 61.0 Å². The van der Waals surface area contributed by atoms with E-state index in [9.17, 15) is 4.39 Å². The number of hydrogen-bond donors (Lipinski definition) is 1. The number of nitrogens with zero attached hydrogens (tertiary/aromatic N) is 2. The summed E-state index contributed by atoms with van der Waals surface area (Å²) in [7, 11) is 0. The minimum atomic E-state index is -0.514. The van der Waals surface area contributed by atoms with E-state index in [4.69, 9.17) is 10.5 Å². The van der Waals surface area contributed by atoms with Crippen LogP contribution in [0.4, 0.5) is 10.1 Å². The average molecular weight is 247 g/mol. The monoisotopic (exact) mass is 247 g/mol. The molecule has 5 heteroatoms. The van der Waals surface area contributed by atoms with Crippen LogP contribution in [0.5, 0.6) is 11.6 Å². The van der Waals surface area contributed by atoms with Crippen molar-refractivity contribution in [2.24, 2.45) is 0 Å². The van der Waals surface area contributed by atoms with Gasteiger partial charge in [0.05, 0.1) is 5.69 Å².